The summed E-state index contributed by atoms with van der Waals surface area (Å²) in [5.41, 5.74) is 0.974. The summed E-state index contributed by atoms with van der Waals surface area (Å²) >= 11 is 0. The van der Waals surface area contributed by atoms with Crippen LogP contribution in [-0.2, 0) is 10.0 Å². The summed E-state index contributed by atoms with van der Waals surface area (Å²) in [7, 11) is -1.73. The van der Waals surface area contributed by atoms with E-state index < -0.39 is 10.0 Å². The van der Waals surface area contributed by atoms with Crippen molar-refractivity contribution in [3.05, 3.63) is 42.0 Å². The highest BCUT2D eigenvalue weighted by Gasteiger charge is 2.36. The van der Waals surface area contributed by atoms with E-state index in [-0.39, 0.29) is 6.04 Å². The molecule has 2 aliphatic carbocycles. The lowest BCUT2D eigenvalue weighted by Gasteiger charge is -2.41. The van der Waals surface area contributed by atoms with Gasteiger partial charge in [-0.3, -0.25) is 4.90 Å². The number of piperidine rings is 1. The lowest BCUT2D eigenvalue weighted by Crippen LogP contribution is -2.45. The van der Waals surface area contributed by atoms with Crippen LogP contribution in [0.3, 0.4) is 0 Å². The zero-order chi connectivity index (χ0) is 20.4. The van der Waals surface area contributed by atoms with Crippen LogP contribution < -0.4 is 0 Å². The van der Waals surface area contributed by atoms with Crippen LogP contribution in [0, 0.1) is 18.8 Å². The normalized spacial score (nSPS) is 29.6. The molecule has 0 aromatic heterocycles. The highest BCUT2D eigenvalue weighted by atomic mass is 32.2. The van der Waals surface area contributed by atoms with E-state index in [0.717, 1.165) is 30.4 Å². The predicted octanol–water partition coefficient (Wildman–Crippen LogP) is 4.60. The van der Waals surface area contributed by atoms with Gasteiger partial charge in [0.05, 0.1) is 4.90 Å². The molecule has 29 heavy (non-hydrogen) atoms. The zero-order valence-corrected chi connectivity index (χ0v) is 18.8. The highest BCUT2D eigenvalue weighted by Crippen LogP contribution is 2.36. The molecule has 1 saturated heterocycles. The van der Waals surface area contributed by atoms with Gasteiger partial charge < -0.3 is 0 Å². The third-order valence-electron chi connectivity index (χ3n) is 7.45. The maximum absolute atomic E-state index is 13.1. The molecule has 4 rings (SSSR count). The van der Waals surface area contributed by atoms with Gasteiger partial charge >= 0.3 is 0 Å². The van der Waals surface area contributed by atoms with Crippen molar-refractivity contribution in [1.82, 2.24) is 9.21 Å². The van der Waals surface area contributed by atoms with Crippen molar-refractivity contribution in [2.75, 3.05) is 20.1 Å². The van der Waals surface area contributed by atoms with Crippen LogP contribution >= 0.6 is 0 Å². The minimum absolute atomic E-state index is 0.0550. The predicted molar refractivity (Wildman–Crippen MR) is 118 cm³/mol. The van der Waals surface area contributed by atoms with Crippen molar-refractivity contribution in [3.63, 3.8) is 0 Å². The standard InChI is InChI=1S/C24H36N2O2S/c1-19-8-6-12-24(16-19)29(27,28)25(2)22-13-14-23(17-22)26-15-7-11-21(18-26)20-9-4-3-5-10-20/h6,8,12-14,16,20-23H,3-5,7,9-11,15,17-18H2,1-2H3/t21-,22-,23?/m1/s1. The Labute approximate surface area is 177 Å². The smallest absolute Gasteiger partial charge is 0.243 e. The van der Waals surface area contributed by atoms with Gasteiger partial charge in [-0.25, -0.2) is 8.42 Å². The largest absolute Gasteiger partial charge is 0.297 e. The molecule has 3 atom stereocenters. The fourth-order valence-corrected chi connectivity index (χ4v) is 7.08. The maximum atomic E-state index is 13.1. The van der Waals surface area contributed by atoms with Crippen LogP contribution in [0.1, 0.15) is 56.9 Å². The van der Waals surface area contributed by atoms with Gasteiger partial charge in [0.1, 0.15) is 0 Å². The van der Waals surface area contributed by atoms with Gasteiger partial charge in [-0.2, -0.15) is 4.31 Å². The van der Waals surface area contributed by atoms with Crippen molar-refractivity contribution < 1.29 is 8.42 Å². The molecule has 0 amide bonds. The topological polar surface area (TPSA) is 40.6 Å². The molecule has 1 unspecified atom stereocenters. The van der Waals surface area contributed by atoms with E-state index >= 15 is 0 Å². The second-order valence-electron chi connectivity index (χ2n) is 9.39. The summed E-state index contributed by atoms with van der Waals surface area (Å²) in [6, 6.07) is 7.55. The average molecular weight is 417 g/mol. The van der Waals surface area contributed by atoms with Crippen LogP contribution in [0.2, 0.25) is 0 Å². The van der Waals surface area contributed by atoms with E-state index in [1.165, 1.54) is 51.5 Å². The molecule has 0 N–H and O–H groups in total. The first-order chi connectivity index (χ1) is 13.9. The number of aryl methyl sites for hydroxylation is 1. The summed E-state index contributed by atoms with van der Waals surface area (Å²) in [6.07, 6.45) is 15.0. The SMILES string of the molecule is Cc1cccc(S(=O)(=O)N(C)[C@@H]2C=CC(N3CCC[C@@H](C4CCCCC4)C3)C2)c1. The molecule has 0 radical (unpaired) electrons. The fraction of sp³-hybridized carbons (Fsp3) is 0.667. The molecule has 0 spiro atoms. The van der Waals surface area contributed by atoms with E-state index in [4.69, 9.17) is 0 Å². The van der Waals surface area contributed by atoms with Crippen LogP contribution in [-0.4, -0.2) is 49.8 Å². The lowest BCUT2D eigenvalue weighted by molar-refractivity contribution is 0.0923. The molecule has 1 heterocycles. The molecule has 0 bridgehead atoms. The average Bonchev–Trinajstić information content (AvgIpc) is 3.24. The fourth-order valence-electron chi connectivity index (χ4n) is 5.65. The summed E-state index contributed by atoms with van der Waals surface area (Å²) in [4.78, 5) is 3.03. The van der Waals surface area contributed by atoms with Gasteiger partial charge in [0.2, 0.25) is 10.0 Å². The Morgan fingerprint density at radius 1 is 1.00 bits per heavy atom. The molecule has 2 fully saturated rings. The van der Waals surface area contributed by atoms with Crippen molar-refractivity contribution >= 4 is 10.0 Å². The Kier molecular flexibility index (Phi) is 6.47. The second kappa shape index (κ2) is 8.91. The van der Waals surface area contributed by atoms with E-state index in [9.17, 15) is 8.42 Å². The van der Waals surface area contributed by atoms with E-state index in [1.807, 2.05) is 19.1 Å². The van der Waals surface area contributed by atoms with Crippen molar-refractivity contribution in [2.24, 2.45) is 11.8 Å². The highest BCUT2D eigenvalue weighted by molar-refractivity contribution is 7.89. The second-order valence-corrected chi connectivity index (χ2v) is 11.4. The van der Waals surface area contributed by atoms with E-state index in [2.05, 4.69) is 17.1 Å². The molecule has 1 aliphatic heterocycles. The van der Waals surface area contributed by atoms with E-state index in [0.29, 0.717) is 10.9 Å². The van der Waals surface area contributed by atoms with Crippen molar-refractivity contribution in [2.45, 2.75) is 75.3 Å². The molecule has 3 aliphatic rings. The molecule has 1 aromatic carbocycles. The van der Waals surface area contributed by atoms with Crippen molar-refractivity contribution in [3.8, 4) is 0 Å². The Balaban J connectivity index is 1.39. The number of sulfonamides is 1. The molecular formula is C24H36N2O2S. The third kappa shape index (κ3) is 4.62. The van der Waals surface area contributed by atoms with Gasteiger partial charge in [-0.05, 0) is 62.3 Å². The minimum Gasteiger partial charge on any atom is -0.297 e. The first-order valence-corrected chi connectivity index (χ1v) is 12.9. The number of likely N-dealkylation sites (tertiary alicyclic amines) is 1. The summed E-state index contributed by atoms with van der Waals surface area (Å²) in [6.45, 7) is 4.28. The number of rotatable bonds is 5. The third-order valence-corrected chi connectivity index (χ3v) is 9.33. The molecule has 1 aromatic rings. The van der Waals surface area contributed by atoms with Crippen LogP contribution in [0.25, 0.3) is 0 Å². The first-order valence-electron chi connectivity index (χ1n) is 11.4. The van der Waals surface area contributed by atoms with Crippen LogP contribution in [0.15, 0.2) is 41.3 Å². The number of nitrogens with zero attached hydrogens (tertiary/aromatic N) is 2. The van der Waals surface area contributed by atoms with Gasteiger partial charge in [-0.1, -0.05) is 56.4 Å². The summed E-state index contributed by atoms with van der Waals surface area (Å²) < 4.78 is 27.8. The van der Waals surface area contributed by atoms with Gasteiger partial charge in [0.15, 0.2) is 0 Å². The number of likely N-dealkylation sites (N-methyl/N-ethyl adjacent to an activating group) is 1. The van der Waals surface area contributed by atoms with Gasteiger partial charge in [0, 0.05) is 25.7 Å². The monoisotopic (exact) mass is 416 g/mol. The van der Waals surface area contributed by atoms with E-state index in [1.54, 1.807) is 23.5 Å². The Bertz CT molecular complexity index is 829. The van der Waals surface area contributed by atoms with Crippen LogP contribution in [0.5, 0.6) is 0 Å². The van der Waals surface area contributed by atoms with Gasteiger partial charge in [0.25, 0.3) is 0 Å². The number of hydrogen-bond donors (Lipinski definition) is 0. The van der Waals surface area contributed by atoms with Crippen LogP contribution in [0.4, 0.5) is 0 Å². The Hall–Kier alpha value is -1.17. The van der Waals surface area contributed by atoms with Crippen molar-refractivity contribution in [1.29, 1.82) is 0 Å². The maximum Gasteiger partial charge on any atom is 0.243 e. The quantitative estimate of drug-likeness (QED) is 0.659. The Morgan fingerprint density at radius 2 is 1.76 bits per heavy atom. The Morgan fingerprint density at radius 3 is 2.52 bits per heavy atom. The van der Waals surface area contributed by atoms with Gasteiger partial charge in [-0.15, -0.1) is 0 Å². The number of benzene rings is 1. The summed E-state index contributed by atoms with van der Waals surface area (Å²) in [5.74, 6) is 1.75. The minimum atomic E-state index is -3.46. The lowest BCUT2D eigenvalue weighted by atomic mass is 9.76. The molecule has 4 nitrogen and oxygen atoms in total. The molecule has 5 heteroatoms. The molecule has 1 saturated carbocycles. The number of hydrogen-bond acceptors (Lipinski definition) is 3. The zero-order valence-electron chi connectivity index (χ0n) is 18.0. The molecular weight excluding hydrogens is 380 g/mol. The summed E-state index contributed by atoms with van der Waals surface area (Å²) in [5, 5.41) is 0. The first kappa shape index (κ1) is 21.1. The molecule has 160 valence electrons.